The monoisotopic (exact) mass is 450 g/mol. The van der Waals surface area contributed by atoms with Crippen molar-refractivity contribution in [2.45, 2.75) is 38.2 Å². The van der Waals surface area contributed by atoms with Crippen LogP contribution < -0.4 is 0 Å². The SMILES string of the molecule is O=C(OCc1cc(Cl)cc(Cl)c1)N1CCC(CN2CCC(c3cnc[nH]3)CC2)CC1. The molecule has 1 aromatic carbocycles. The zero-order chi connectivity index (χ0) is 20.9. The van der Waals surface area contributed by atoms with E-state index in [-0.39, 0.29) is 12.7 Å². The Morgan fingerprint density at radius 3 is 2.40 bits per heavy atom. The molecule has 3 heterocycles. The fourth-order valence-corrected chi connectivity index (χ4v) is 5.08. The van der Waals surface area contributed by atoms with Crippen molar-refractivity contribution < 1.29 is 9.53 Å². The number of imidazole rings is 1. The normalized spacial score (nSPS) is 19.2. The molecule has 2 fully saturated rings. The number of hydrogen-bond donors (Lipinski definition) is 1. The first-order chi connectivity index (χ1) is 14.6. The van der Waals surface area contributed by atoms with E-state index in [4.69, 9.17) is 27.9 Å². The highest BCUT2D eigenvalue weighted by atomic mass is 35.5. The summed E-state index contributed by atoms with van der Waals surface area (Å²) in [5, 5.41) is 1.09. The van der Waals surface area contributed by atoms with Crippen LogP contribution in [0.2, 0.25) is 10.0 Å². The summed E-state index contributed by atoms with van der Waals surface area (Å²) < 4.78 is 5.46. The minimum atomic E-state index is -0.259. The van der Waals surface area contributed by atoms with Gasteiger partial charge in [0.2, 0.25) is 0 Å². The Morgan fingerprint density at radius 1 is 1.07 bits per heavy atom. The molecule has 0 radical (unpaired) electrons. The summed E-state index contributed by atoms with van der Waals surface area (Å²) in [7, 11) is 0. The van der Waals surface area contributed by atoms with Gasteiger partial charge in [0.25, 0.3) is 0 Å². The number of H-pyrrole nitrogens is 1. The van der Waals surface area contributed by atoms with Gasteiger partial charge in [-0.2, -0.15) is 0 Å². The molecular weight excluding hydrogens is 423 g/mol. The molecule has 0 unspecified atom stereocenters. The Hall–Kier alpha value is -1.76. The molecule has 2 saturated heterocycles. The van der Waals surface area contributed by atoms with Crippen molar-refractivity contribution in [1.29, 1.82) is 0 Å². The van der Waals surface area contributed by atoms with Gasteiger partial charge in [0.05, 0.1) is 6.33 Å². The number of halogens is 2. The van der Waals surface area contributed by atoms with Crippen molar-refractivity contribution in [2.75, 3.05) is 32.7 Å². The molecule has 0 saturated carbocycles. The Labute approximate surface area is 187 Å². The van der Waals surface area contributed by atoms with Gasteiger partial charge in [-0.3, -0.25) is 0 Å². The van der Waals surface area contributed by atoms with Crippen LogP contribution in [0.4, 0.5) is 4.79 Å². The molecule has 1 amide bonds. The van der Waals surface area contributed by atoms with E-state index < -0.39 is 0 Å². The Morgan fingerprint density at radius 2 is 1.77 bits per heavy atom. The van der Waals surface area contributed by atoms with Crippen LogP contribution in [-0.4, -0.2) is 58.6 Å². The molecule has 0 atom stereocenters. The van der Waals surface area contributed by atoms with Crippen molar-refractivity contribution in [3.63, 3.8) is 0 Å². The minimum absolute atomic E-state index is 0.185. The molecule has 30 heavy (non-hydrogen) atoms. The second kappa shape index (κ2) is 10.0. The summed E-state index contributed by atoms with van der Waals surface area (Å²) >= 11 is 12.0. The highest BCUT2D eigenvalue weighted by Crippen LogP contribution is 2.28. The first-order valence-corrected chi connectivity index (χ1v) is 11.4. The number of carbonyl (C=O) groups is 1. The van der Waals surface area contributed by atoms with E-state index in [0.29, 0.717) is 21.9 Å². The van der Waals surface area contributed by atoms with E-state index >= 15 is 0 Å². The van der Waals surface area contributed by atoms with Gasteiger partial charge in [0, 0.05) is 47.5 Å². The van der Waals surface area contributed by atoms with E-state index in [1.807, 2.05) is 11.1 Å². The standard InChI is InChI=1S/C22H28Cl2N4O2/c23-19-9-17(10-20(24)11-19)14-30-22(29)28-7-1-16(2-8-28)13-27-5-3-18(4-6-27)21-12-25-15-26-21/h9-12,15-16,18H,1-8,13-14H2,(H,25,26). The summed E-state index contributed by atoms with van der Waals surface area (Å²) in [4.78, 5) is 24.2. The third-order valence-corrected chi connectivity index (χ3v) is 6.66. The molecule has 2 aliphatic heterocycles. The summed E-state index contributed by atoms with van der Waals surface area (Å²) in [5.41, 5.74) is 2.07. The molecule has 0 aliphatic carbocycles. The summed E-state index contributed by atoms with van der Waals surface area (Å²) in [5.74, 6) is 1.25. The molecule has 8 heteroatoms. The van der Waals surface area contributed by atoms with E-state index in [1.54, 1.807) is 24.5 Å². The number of rotatable bonds is 5. The lowest BCUT2D eigenvalue weighted by molar-refractivity contribution is 0.0751. The lowest BCUT2D eigenvalue weighted by Crippen LogP contribution is -2.43. The number of amides is 1. The number of nitrogens with zero attached hydrogens (tertiary/aromatic N) is 3. The number of aromatic amines is 1. The van der Waals surface area contributed by atoms with Crippen molar-refractivity contribution in [1.82, 2.24) is 19.8 Å². The number of ether oxygens (including phenoxy) is 1. The smallest absolute Gasteiger partial charge is 0.410 e. The number of benzene rings is 1. The highest BCUT2D eigenvalue weighted by molar-refractivity contribution is 6.34. The molecule has 4 rings (SSSR count). The molecule has 1 N–H and O–H groups in total. The average molecular weight is 451 g/mol. The first-order valence-electron chi connectivity index (χ1n) is 10.6. The van der Waals surface area contributed by atoms with Crippen LogP contribution in [0.15, 0.2) is 30.7 Å². The molecule has 1 aromatic heterocycles. The summed E-state index contributed by atoms with van der Waals surface area (Å²) in [6, 6.07) is 5.20. The van der Waals surface area contributed by atoms with Gasteiger partial charge in [-0.15, -0.1) is 0 Å². The molecule has 0 bridgehead atoms. The van der Waals surface area contributed by atoms with Gasteiger partial charge in [0.15, 0.2) is 0 Å². The van der Waals surface area contributed by atoms with Crippen molar-refractivity contribution in [3.05, 3.63) is 52.0 Å². The number of piperidine rings is 2. The van der Waals surface area contributed by atoms with Crippen LogP contribution in [0.3, 0.4) is 0 Å². The van der Waals surface area contributed by atoms with Crippen LogP contribution >= 0.6 is 23.2 Å². The highest BCUT2D eigenvalue weighted by Gasteiger charge is 2.27. The number of hydrogen-bond acceptors (Lipinski definition) is 4. The molecule has 2 aromatic rings. The molecule has 162 valence electrons. The zero-order valence-corrected chi connectivity index (χ0v) is 18.5. The van der Waals surface area contributed by atoms with Gasteiger partial charge in [-0.25, -0.2) is 9.78 Å². The third kappa shape index (κ3) is 5.68. The number of likely N-dealkylation sites (tertiary alicyclic amines) is 2. The predicted molar refractivity (Wildman–Crippen MR) is 118 cm³/mol. The van der Waals surface area contributed by atoms with Gasteiger partial charge >= 0.3 is 6.09 Å². The maximum absolute atomic E-state index is 12.4. The van der Waals surface area contributed by atoms with Crippen LogP contribution in [0, 0.1) is 5.92 Å². The van der Waals surface area contributed by atoms with Crippen LogP contribution in [-0.2, 0) is 11.3 Å². The third-order valence-electron chi connectivity index (χ3n) is 6.22. The van der Waals surface area contributed by atoms with Crippen molar-refractivity contribution in [3.8, 4) is 0 Å². The van der Waals surface area contributed by atoms with E-state index in [1.165, 1.54) is 18.5 Å². The molecule has 2 aliphatic rings. The lowest BCUT2D eigenvalue weighted by Gasteiger charge is -2.37. The summed E-state index contributed by atoms with van der Waals surface area (Å²) in [6.07, 6.45) is 7.88. The number of carbonyl (C=O) groups excluding carboxylic acids is 1. The second-order valence-electron chi connectivity index (χ2n) is 8.34. The quantitative estimate of drug-likeness (QED) is 0.699. The number of aromatic nitrogens is 2. The van der Waals surface area contributed by atoms with Gasteiger partial charge < -0.3 is 19.5 Å². The Kier molecular flexibility index (Phi) is 7.18. The van der Waals surface area contributed by atoms with Crippen LogP contribution in [0.5, 0.6) is 0 Å². The van der Waals surface area contributed by atoms with Gasteiger partial charge in [-0.05, 0) is 68.5 Å². The van der Waals surface area contributed by atoms with Crippen molar-refractivity contribution >= 4 is 29.3 Å². The lowest BCUT2D eigenvalue weighted by atomic mass is 9.91. The molecular formula is C22H28Cl2N4O2. The predicted octanol–water partition coefficient (Wildman–Crippen LogP) is 4.94. The van der Waals surface area contributed by atoms with E-state index in [2.05, 4.69) is 14.9 Å². The van der Waals surface area contributed by atoms with E-state index in [9.17, 15) is 4.79 Å². The van der Waals surface area contributed by atoms with Crippen molar-refractivity contribution in [2.24, 2.45) is 5.92 Å². The molecule has 0 spiro atoms. The fraction of sp³-hybridized carbons (Fsp3) is 0.545. The summed E-state index contributed by atoms with van der Waals surface area (Å²) in [6.45, 7) is 5.08. The zero-order valence-electron chi connectivity index (χ0n) is 17.0. The number of nitrogens with one attached hydrogen (secondary N) is 1. The van der Waals surface area contributed by atoms with Crippen LogP contribution in [0.25, 0.3) is 0 Å². The fourth-order valence-electron chi connectivity index (χ4n) is 4.51. The van der Waals surface area contributed by atoms with Gasteiger partial charge in [0.1, 0.15) is 6.61 Å². The average Bonchev–Trinajstić information content (AvgIpc) is 3.27. The maximum Gasteiger partial charge on any atom is 0.410 e. The first kappa shape index (κ1) is 21.5. The van der Waals surface area contributed by atoms with Gasteiger partial charge in [-0.1, -0.05) is 23.2 Å². The Balaban J connectivity index is 1.16. The van der Waals surface area contributed by atoms with E-state index in [0.717, 1.165) is 51.1 Å². The minimum Gasteiger partial charge on any atom is -0.445 e. The second-order valence-corrected chi connectivity index (χ2v) is 9.22. The molecule has 6 nitrogen and oxygen atoms in total. The van der Waals surface area contributed by atoms with Crippen LogP contribution in [0.1, 0.15) is 42.9 Å². The largest absolute Gasteiger partial charge is 0.445 e. The topological polar surface area (TPSA) is 61.5 Å². The Bertz CT molecular complexity index is 809. The maximum atomic E-state index is 12.4.